The normalized spacial score (nSPS) is 16.0. The summed E-state index contributed by atoms with van der Waals surface area (Å²) in [5.41, 5.74) is 2.57. The van der Waals surface area contributed by atoms with Gasteiger partial charge < -0.3 is 4.57 Å². The third-order valence-corrected chi connectivity index (χ3v) is 4.92. The Hall–Kier alpha value is -3.02. The fourth-order valence-corrected chi connectivity index (χ4v) is 3.64. The van der Waals surface area contributed by atoms with Crippen molar-refractivity contribution >= 4 is 11.7 Å². The highest BCUT2D eigenvalue weighted by Crippen LogP contribution is 2.29. The van der Waals surface area contributed by atoms with Crippen molar-refractivity contribution in [2.75, 3.05) is 4.90 Å². The van der Waals surface area contributed by atoms with Crippen LogP contribution in [0.25, 0.3) is 11.5 Å². The number of fused-ring (bicyclic) bond motifs is 2. The second kappa shape index (κ2) is 5.51. The molecule has 0 bridgehead atoms. The van der Waals surface area contributed by atoms with E-state index in [-0.39, 0.29) is 5.91 Å². The van der Waals surface area contributed by atoms with Crippen LogP contribution in [-0.4, -0.2) is 25.7 Å². The predicted molar refractivity (Wildman–Crippen MR) is 93.1 cm³/mol. The summed E-state index contributed by atoms with van der Waals surface area (Å²) in [6.07, 6.45) is 3.26. The number of hydrogen-bond acceptors (Lipinski definition) is 4. The van der Waals surface area contributed by atoms with Gasteiger partial charge in [0, 0.05) is 18.5 Å². The number of rotatable bonds is 2. The molecule has 0 radical (unpaired) electrons. The number of carbonyl (C=O) groups excluding carboxylic acids is 1. The first kappa shape index (κ1) is 14.3. The van der Waals surface area contributed by atoms with Gasteiger partial charge in [0.25, 0.3) is 5.91 Å². The minimum atomic E-state index is 0.00326. The lowest BCUT2D eigenvalue weighted by Crippen LogP contribution is -2.24. The van der Waals surface area contributed by atoms with E-state index in [4.69, 9.17) is 4.98 Å². The lowest BCUT2D eigenvalue weighted by molar-refractivity contribution is 0.0996. The Labute approximate surface area is 145 Å². The molecule has 3 aromatic rings. The average molecular weight is 331 g/mol. The van der Waals surface area contributed by atoms with E-state index in [1.807, 2.05) is 42.5 Å². The van der Waals surface area contributed by atoms with E-state index in [0.29, 0.717) is 12.4 Å². The van der Waals surface area contributed by atoms with Gasteiger partial charge in [0.05, 0.1) is 6.54 Å². The van der Waals surface area contributed by atoms with Crippen LogP contribution >= 0.6 is 0 Å². The Morgan fingerprint density at radius 2 is 1.88 bits per heavy atom. The summed E-state index contributed by atoms with van der Waals surface area (Å²) in [4.78, 5) is 19.1. The Balaban J connectivity index is 1.53. The summed E-state index contributed by atoms with van der Waals surface area (Å²) in [6.45, 7) is 1.49. The highest BCUT2D eigenvalue weighted by atomic mass is 16.2. The van der Waals surface area contributed by atoms with Gasteiger partial charge in [-0.25, -0.2) is 4.98 Å². The molecule has 6 nitrogen and oxygen atoms in total. The number of hydrogen-bond donors (Lipinski definition) is 0. The number of aromatic nitrogens is 4. The minimum Gasteiger partial charge on any atom is -0.310 e. The summed E-state index contributed by atoms with van der Waals surface area (Å²) in [6, 6.07) is 13.5. The van der Waals surface area contributed by atoms with Crippen molar-refractivity contribution < 1.29 is 4.79 Å². The Morgan fingerprint density at radius 1 is 0.960 bits per heavy atom. The van der Waals surface area contributed by atoms with Crippen molar-refractivity contribution in [1.29, 1.82) is 0 Å². The van der Waals surface area contributed by atoms with E-state index in [1.165, 1.54) is 0 Å². The molecule has 2 aromatic heterocycles. The molecule has 5 rings (SSSR count). The number of nitrogens with zero attached hydrogens (tertiary/aromatic N) is 5. The number of amides is 1. The fourth-order valence-electron chi connectivity index (χ4n) is 3.64. The lowest BCUT2D eigenvalue weighted by Gasteiger charge is -2.17. The maximum atomic E-state index is 12.7. The highest BCUT2D eigenvalue weighted by Gasteiger charge is 2.29. The molecule has 0 aliphatic carbocycles. The molecule has 124 valence electrons. The summed E-state index contributed by atoms with van der Waals surface area (Å²) >= 11 is 0. The van der Waals surface area contributed by atoms with Gasteiger partial charge in [-0.15, -0.1) is 10.2 Å². The molecule has 1 aromatic carbocycles. The molecule has 4 heterocycles. The molecule has 2 aliphatic heterocycles. The predicted octanol–water partition coefficient (Wildman–Crippen LogP) is 2.84. The van der Waals surface area contributed by atoms with E-state index in [0.717, 1.165) is 54.3 Å². The minimum absolute atomic E-state index is 0.00326. The molecule has 2 aliphatic rings. The number of benzene rings is 1. The van der Waals surface area contributed by atoms with Crippen LogP contribution in [0.15, 0.2) is 42.5 Å². The molecule has 1 amide bonds. The van der Waals surface area contributed by atoms with Crippen molar-refractivity contribution in [2.45, 2.75) is 32.4 Å². The molecular weight excluding hydrogens is 314 g/mol. The molecule has 0 saturated heterocycles. The quantitative estimate of drug-likeness (QED) is 0.724. The van der Waals surface area contributed by atoms with Crippen LogP contribution in [0, 0.1) is 0 Å². The zero-order chi connectivity index (χ0) is 16.8. The second-order valence-corrected chi connectivity index (χ2v) is 6.48. The smallest absolute Gasteiger partial charge is 0.260 e. The summed E-state index contributed by atoms with van der Waals surface area (Å²) in [5.74, 6) is 2.48. The molecule has 0 spiro atoms. The molecule has 0 saturated carbocycles. The van der Waals surface area contributed by atoms with Crippen LogP contribution in [-0.2, 0) is 19.5 Å². The molecule has 6 heteroatoms. The molecule has 0 N–H and O–H groups in total. The van der Waals surface area contributed by atoms with Crippen molar-refractivity contribution in [2.24, 2.45) is 0 Å². The maximum Gasteiger partial charge on any atom is 0.260 e. The molecule has 0 atom stereocenters. The van der Waals surface area contributed by atoms with Gasteiger partial charge in [0.1, 0.15) is 17.3 Å². The number of anilines is 1. The van der Waals surface area contributed by atoms with Crippen LogP contribution < -0.4 is 4.90 Å². The standard InChI is InChI=1S/C19H17N5O/c25-19-14-7-2-1-6-13(14)12-24(19)16-10-5-8-15(20-16)18-22-21-17-9-3-4-11-23(17)18/h1-2,5-8,10H,3-4,9,11-12H2. The van der Waals surface area contributed by atoms with E-state index >= 15 is 0 Å². The zero-order valence-electron chi connectivity index (χ0n) is 13.7. The Kier molecular flexibility index (Phi) is 3.16. The van der Waals surface area contributed by atoms with Crippen LogP contribution in [0.1, 0.15) is 34.6 Å². The summed E-state index contributed by atoms with van der Waals surface area (Å²) in [7, 11) is 0. The van der Waals surface area contributed by atoms with Crippen LogP contribution in [0.4, 0.5) is 5.82 Å². The van der Waals surface area contributed by atoms with Crippen molar-refractivity contribution in [3.63, 3.8) is 0 Å². The SMILES string of the molecule is O=C1c2ccccc2CN1c1cccc(-c2nnc3n2CCCC3)n1. The van der Waals surface area contributed by atoms with E-state index in [1.54, 1.807) is 4.90 Å². The molecular formula is C19H17N5O. The van der Waals surface area contributed by atoms with Gasteiger partial charge in [-0.3, -0.25) is 9.69 Å². The van der Waals surface area contributed by atoms with Gasteiger partial charge in [0.2, 0.25) is 0 Å². The Bertz CT molecular complexity index is 977. The van der Waals surface area contributed by atoms with Gasteiger partial charge in [0.15, 0.2) is 5.82 Å². The van der Waals surface area contributed by atoms with Gasteiger partial charge >= 0.3 is 0 Å². The van der Waals surface area contributed by atoms with Gasteiger partial charge in [-0.1, -0.05) is 24.3 Å². The Morgan fingerprint density at radius 3 is 2.80 bits per heavy atom. The maximum absolute atomic E-state index is 12.7. The fraction of sp³-hybridized carbons (Fsp3) is 0.263. The number of aryl methyl sites for hydroxylation is 1. The topological polar surface area (TPSA) is 63.9 Å². The van der Waals surface area contributed by atoms with E-state index in [2.05, 4.69) is 14.8 Å². The lowest BCUT2D eigenvalue weighted by atomic mass is 10.1. The number of pyridine rings is 1. The van der Waals surface area contributed by atoms with E-state index < -0.39 is 0 Å². The zero-order valence-corrected chi connectivity index (χ0v) is 13.7. The summed E-state index contributed by atoms with van der Waals surface area (Å²) < 4.78 is 2.15. The van der Waals surface area contributed by atoms with Gasteiger partial charge in [-0.2, -0.15) is 0 Å². The molecule has 25 heavy (non-hydrogen) atoms. The monoisotopic (exact) mass is 331 g/mol. The average Bonchev–Trinajstić information content (AvgIpc) is 3.24. The van der Waals surface area contributed by atoms with Crippen molar-refractivity contribution in [3.05, 3.63) is 59.4 Å². The van der Waals surface area contributed by atoms with Crippen LogP contribution in [0.2, 0.25) is 0 Å². The van der Waals surface area contributed by atoms with Crippen LogP contribution in [0.3, 0.4) is 0 Å². The first-order valence-corrected chi connectivity index (χ1v) is 8.60. The third kappa shape index (κ3) is 2.25. The van der Waals surface area contributed by atoms with Crippen LogP contribution in [0.5, 0.6) is 0 Å². The highest BCUT2D eigenvalue weighted by molar-refractivity contribution is 6.09. The molecule has 0 fully saturated rings. The number of carbonyl (C=O) groups is 1. The largest absolute Gasteiger partial charge is 0.310 e. The van der Waals surface area contributed by atoms with Crippen molar-refractivity contribution in [3.8, 4) is 11.5 Å². The summed E-state index contributed by atoms with van der Waals surface area (Å²) in [5, 5.41) is 8.64. The molecule has 0 unspecified atom stereocenters. The third-order valence-electron chi connectivity index (χ3n) is 4.92. The van der Waals surface area contributed by atoms with E-state index in [9.17, 15) is 4.79 Å². The first-order chi connectivity index (χ1) is 12.3. The van der Waals surface area contributed by atoms with Gasteiger partial charge in [-0.05, 0) is 36.6 Å². The van der Waals surface area contributed by atoms with Crippen molar-refractivity contribution in [1.82, 2.24) is 19.7 Å². The first-order valence-electron chi connectivity index (χ1n) is 8.60. The second-order valence-electron chi connectivity index (χ2n) is 6.48.